The van der Waals surface area contributed by atoms with E-state index in [2.05, 4.69) is 10.2 Å². The first-order valence-corrected chi connectivity index (χ1v) is 9.78. The maximum absolute atomic E-state index is 12.7. The Balaban J connectivity index is 1.65. The molecule has 1 atom stereocenters. The van der Waals surface area contributed by atoms with Gasteiger partial charge in [-0.05, 0) is 43.3 Å². The van der Waals surface area contributed by atoms with Crippen LogP contribution in [0.1, 0.15) is 18.9 Å². The molecule has 8 nitrogen and oxygen atoms in total. The van der Waals surface area contributed by atoms with Gasteiger partial charge in [0.25, 0.3) is 0 Å². The first-order chi connectivity index (χ1) is 14.0. The minimum Gasteiger partial charge on any atom is -0.507 e. The molecule has 1 fully saturated rings. The Morgan fingerprint density at radius 1 is 1.28 bits per heavy atom. The maximum Gasteiger partial charge on any atom is 0.247 e. The van der Waals surface area contributed by atoms with E-state index < -0.39 is 5.25 Å². The van der Waals surface area contributed by atoms with Crippen LogP contribution in [0.3, 0.4) is 0 Å². The highest BCUT2D eigenvalue weighted by Gasteiger charge is 2.40. The van der Waals surface area contributed by atoms with Gasteiger partial charge in [-0.1, -0.05) is 23.9 Å². The molecule has 1 aliphatic rings. The number of thioether (sulfide) groups is 1. The summed E-state index contributed by atoms with van der Waals surface area (Å²) in [7, 11) is 0. The number of carbonyl (C=O) groups is 2. The Morgan fingerprint density at radius 3 is 2.69 bits per heavy atom. The van der Waals surface area contributed by atoms with Crippen LogP contribution in [0.15, 0.2) is 58.7 Å². The van der Waals surface area contributed by atoms with Crippen LogP contribution in [0.4, 0.5) is 5.69 Å². The number of nitrogens with two attached hydrogens (primary N) is 1. The average Bonchev–Trinajstić information content (AvgIpc) is 2.97. The lowest BCUT2D eigenvalue weighted by Gasteiger charge is -2.15. The zero-order valence-corrected chi connectivity index (χ0v) is 16.5. The van der Waals surface area contributed by atoms with Gasteiger partial charge in [-0.3, -0.25) is 9.59 Å². The zero-order chi connectivity index (χ0) is 20.8. The number of para-hydroxylation sites is 1. The van der Waals surface area contributed by atoms with Crippen molar-refractivity contribution < 1.29 is 19.4 Å². The van der Waals surface area contributed by atoms with Crippen molar-refractivity contribution in [1.29, 1.82) is 0 Å². The number of aromatic hydroxyl groups is 1. The van der Waals surface area contributed by atoms with Gasteiger partial charge in [-0.2, -0.15) is 5.10 Å². The van der Waals surface area contributed by atoms with E-state index in [0.717, 1.165) is 16.7 Å². The summed E-state index contributed by atoms with van der Waals surface area (Å²) in [5, 5.41) is 16.7. The van der Waals surface area contributed by atoms with E-state index >= 15 is 0 Å². The van der Waals surface area contributed by atoms with Crippen LogP contribution in [0.2, 0.25) is 0 Å². The largest absolute Gasteiger partial charge is 0.507 e. The summed E-state index contributed by atoms with van der Waals surface area (Å²) in [6, 6.07) is 13.4. The minimum absolute atomic E-state index is 0.0239. The van der Waals surface area contributed by atoms with Crippen LogP contribution in [-0.2, 0) is 9.59 Å². The molecule has 0 aromatic heterocycles. The van der Waals surface area contributed by atoms with Gasteiger partial charge in [0.15, 0.2) is 5.17 Å². The van der Waals surface area contributed by atoms with E-state index in [1.54, 1.807) is 42.5 Å². The van der Waals surface area contributed by atoms with E-state index in [4.69, 9.17) is 10.5 Å². The van der Waals surface area contributed by atoms with Crippen LogP contribution < -0.4 is 15.4 Å². The lowest BCUT2D eigenvalue weighted by molar-refractivity contribution is -0.121. The number of rotatable bonds is 6. The summed E-state index contributed by atoms with van der Waals surface area (Å²) >= 11 is 0.983. The molecule has 2 aromatic rings. The van der Waals surface area contributed by atoms with E-state index in [0.29, 0.717) is 23.6 Å². The van der Waals surface area contributed by atoms with Crippen molar-refractivity contribution in [3.05, 3.63) is 54.1 Å². The van der Waals surface area contributed by atoms with Crippen LogP contribution >= 0.6 is 11.8 Å². The molecule has 0 radical (unpaired) electrons. The van der Waals surface area contributed by atoms with Gasteiger partial charge in [-0.25, -0.2) is 4.90 Å². The second kappa shape index (κ2) is 9.24. The van der Waals surface area contributed by atoms with E-state index in [9.17, 15) is 14.7 Å². The molecule has 29 heavy (non-hydrogen) atoms. The van der Waals surface area contributed by atoms with Crippen molar-refractivity contribution in [2.75, 3.05) is 11.5 Å². The van der Waals surface area contributed by atoms with E-state index in [-0.39, 0.29) is 29.2 Å². The highest BCUT2D eigenvalue weighted by atomic mass is 32.2. The molecule has 1 saturated heterocycles. The first-order valence-electron chi connectivity index (χ1n) is 8.90. The third-order valence-corrected chi connectivity index (χ3v) is 5.04. The number of phenolic OH excluding ortho intramolecular Hbond substituents is 1. The molecule has 1 aliphatic heterocycles. The number of nitrogens with zero attached hydrogens (tertiary/aromatic N) is 3. The van der Waals surface area contributed by atoms with Crippen molar-refractivity contribution in [2.45, 2.75) is 18.6 Å². The quantitative estimate of drug-likeness (QED) is 0.326. The number of imide groups is 1. The van der Waals surface area contributed by atoms with Crippen molar-refractivity contribution in [3.8, 4) is 11.5 Å². The number of carbonyl (C=O) groups excluding carboxylic acids is 2. The SMILES string of the molecule is CCOc1ccc(N2C(=O)C[C@@H](SC(N)=N/N=C/c3ccccc3O)C2=O)cc1. The predicted molar refractivity (Wildman–Crippen MR) is 113 cm³/mol. The summed E-state index contributed by atoms with van der Waals surface area (Å²) < 4.78 is 5.37. The standard InChI is InChI=1S/C20H20N4O4S/c1-2-28-15-9-7-14(8-10-15)24-18(26)11-17(19(24)27)29-20(21)23-22-12-13-5-3-4-6-16(13)25/h3-10,12,17,25H,2,11H2,1H3,(H2,21,23)/b22-12+/t17-/m1/s1. The van der Waals surface area contributed by atoms with Crippen molar-refractivity contribution in [1.82, 2.24) is 0 Å². The Morgan fingerprint density at radius 2 is 2.00 bits per heavy atom. The van der Waals surface area contributed by atoms with Crippen LogP contribution in [0.25, 0.3) is 0 Å². The molecule has 3 N–H and O–H groups in total. The molecule has 2 aromatic carbocycles. The van der Waals surface area contributed by atoms with Crippen molar-refractivity contribution in [2.24, 2.45) is 15.9 Å². The fourth-order valence-corrected chi connectivity index (χ4v) is 3.56. The van der Waals surface area contributed by atoms with E-state index in [1.165, 1.54) is 12.3 Å². The third-order valence-electron chi connectivity index (χ3n) is 4.06. The molecule has 0 saturated carbocycles. The number of amidine groups is 1. The highest BCUT2D eigenvalue weighted by Crippen LogP contribution is 2.30. The third kappa shape index (κ3) is 4.94. The number of phenols is 1. The van der Waals surface area contributed by atoms with Gasteiger partial charge >= 0.3 is 0 Å². The molecule has 0 bridgehead atoms. The van der Waals surface area contributed by atoms with Gasteiger partial charge in [0, 0.05) is 12.0 Å². The van der Waals surface area contributed by atoms with Gasteiger partial charge in [0.1, 0.15) is 16.7 Å². The second-order valence-corrected chi connectivity index (χ2v) is 7.27. The smallest absolute Gasteiger partial charge is 0.247 e. The lowest BCUT2D eigenvalue weighted by atomic mass is 10.2. The number of hydrogen-bond donors (Lipinski definition) is 2. The summed E-state index contributed by atoms with van der Waals surface area (Å²) in [6.45, 7) is 2.41. The monoisotopic (exact) mass is 412 g/mol. The number of anilines is 1. The Bertz CT molecular complexity index is 959. The summed E-state index contributed by atoms with van der Waals surface area (Å²) in [5.74, 6) is 0.0781. The highest BCUT2D eigenvalue weighted by molar-refractivity contribution is 8.14. The average molecular weight is 412 g/mol. The number of hydrogen-bond acceptors (Lipinski definition) is 7. The topological polar surface area (TPSA) is 118 Å². The summed E-state index contributed by atoms with van der Waals surface area (Å²) in [6.07, 6.45) is 1.38. The lowest BCUT2D eigenvalue weighted by Crippen LogP contribution is -2.31. The molecular formula is C20H20N4O4S. The Hall–Kier alpha value is -3.33. The second-order valence-electron chi connectivity index (χ2n) is 6.05. The van der Waals surface area contributed by atoms with Gasteiger partial charge in [0.2, 0.25) is 11.8 Å². The molecule has 0 spiro atoms. The maximum atomic E-state index is 12.7. The first kappa shape index (κ1) is 20.4. The van der Waals surface area contributed by atoms with Gasteiger partial charge < -0.3 is 15.6 Å². The minimum atomic E-state index is -0.668. The predicted octanol–water partition coefficient (Wildman–Crippen LogP) is 2.50. The number of ether oxygens (including phenoxy) is 1. The molecule has 1 heterocycles. The summed E-state index contributed by atoms with van der Waals surface area (Å²) in [4.78, 5) is 26.2. The van der Waals surface area contributed by atoms with Crippen LogP contribution in [0.5, 0.6) is 11.5 Å². The summed E-state index contributed by atoms with van der Waals surface area (Å²) in [5.41, 5.74) is 6.81. The molecule has 9 heteroatoms. The molecule has 150 valence electrons. The molecule has 2 amide bonds. The molecule has 3 rings (SSSR count). The van der Waals surface area contributed by atoms with Crippen molar-refractivity contribution in [3.63, 3.8) is 0 Å². The van der Waals surface area contributed by atoms with Crippen molar-refractivity contribution >= 4 is 40.6 Å². The van der Waals surface area contributed by atoms with E-state index in [1.807, 2.05) is 6.92 Å². The molecule has 0 aliphatic carbocycles. The number of amides is 2. The van der Waals surface area contributed by atoms with Gasteiger partial charge in [0.05, 0.1) is 18.5 Å². The molecule has 0 unspecified atom stereocenters. The normalized spacial score (nSPS) is 17.3. The fourth-order valence-electron chi connectivity index (χ4n) is 2.74. The zero-order valence-electron chi connectivity index (χ0n) is 15.7. The Labute approximate surface area is 172 Å². The Kier molecular flexibility index (Phi) is 6.50. The molecular weight excluding hydrogens is 392 g/mol. The fraction of sp³-hybridized carbons (Fsp3) is 0.200. The van der Waals surface area contributed by atoms with Crippen LogP contribution in [-0.4, -0.2) is 40.2 Å². The number of benzene rings is 2. The van der Waals surface area contributed by atoms with Crippen LogP contribution in [0, 0.1) is 0 Å². The van der Waals surface area contributed by atoms with Gasteiger partial charge in [-0.15, -0.1) is 5.10 Å².